The number of rotatable bonds is 3. The number of alkyl halides is 1. The van der Waals surface area contributed by atoms with Gasteiger partial charge in [0, 0.05) is 4.43 Å². The van der Waals surface area contributed by atoms with Crippen LogP contribution in [0.15, 0.2) is 41.3 Å². The summed E-state index contributed by atoms with van der Waals surface area (Å²) in [7, 11) is -3.54. The molecule has 0 saturated heterocycles. The van der Waals surface area contributed by atoms with Crippen molar-refractivity contribution in [3.8, 4) is 0 Å². The summed E-state index contributed by atoms with van der Waals surface area (Å²) in [4.78, 5) is 0.367. The Morgan fingerprint density at radius 2 is 1.74 bits per heavy atom. The Kier molecular flexibility index (Phi) is 4.44. The number of nitrogens with zero attached hydrogens (tertiary/aromatic N) is 1. The average molecular weight is 441 g/mol. The maximum Gasteiger partial charge on any atom is 0.264 e. The van der Waals surface area contributed by atoms with Crippen molar-refractivity contribution in [2.75, 3.05) is 8.73 Å². The van der Waals surface area contributed by atoms with Crippen molar-refractivity contribution in [2.45, 2.75) is 38.1 Å². The zero-order valence-electron chi connectivity index (χ0n) is 13.5. The minimum atomic E-state index is -3.54. The molecule has 0 aliphatic carbocycles. The summed E-state index contributed by atoms with van der Waals surface area (Å²) in [5, 5.41) is 0. The van der Waals surface area contributed by atoms with Crippen LogP contribution in [0.3, 0.4) is 0 Å². The van der Waals surface area contributed by atoms with Crippen LogP contribution in [0.2, 0.25) is 0 Å². The van der Waals surface area contributed by atoms with Gasteiger partial charge >= 0.3 is 0 Å². The van der Waals surface area contributed by atoms with Crippen LogP contribution >= 0.6 is 22.6 Å². The van der Waals surface area contributed by atoms with Crippen LogP contribution in [0.4, 0.5) is 5.69 Å². The normalized spacial score (nSPS) is 17.4. The second kappa shape index (κ2) is 6.09. The number of hydrogen-bond acceptors (Lipinski definition) is 2. The first-order chi connectivity index (χ1) is 10.9. The molecule has 0 bridgehead atoms. The predicted octanol–water partition coefficient (Wildman–Crippen LogP) is 4.17. The molecule has 0 spiro atoms. The third-order valence-electron chi connectivity index (χ3n) is 4.55. The minimum Gasteiger partial charge on any atom is -0.262 e. The van der Waals surface area contributed by atoms with E-state index in [9.17, 15) is 8.42 Å². The zero-order chi connectivity index (χ0) is 16.8. The lowest BCUT2D eigenvalue weighted by atomic mass is 10.0. The fraction of sp³-hybridized carbons (Fsp3) is 0.333. The maximum atomic E-state index is 13.3. The van der Waals surface area contributed by atoms with Gasteiger partial charge in [-0.25, -0.2) is 8.42 Å². The Morgan fingerprint density at radius 1 is 1.09 bits per heavy atom. The highest BCUT2D eigenvalue weighted by molar-refractivity contribution is 14.1. The molecule has 0 fully saturated rings. The highest BCUT2D eigenvalue weighted by Crippen LogP contribution is 2.40. The molecule has 0 amide bonds. The molecular formula is C18H20INO2S. The minimum absolute atomic E-state index is 0.0163. The van der Waals surface area contributed by atoms with Gasteiger partial charge in [-0.05, 0) is 56.0 Å². The van der Waals surface area contributed by atoms with Gasteiger partial charge in [0.1, 0.15) is 0 Å². The summed E-state index contributed by atoms with van der Waals surface area (Å²) < 4.78 is 29.0. The molecule has 1 aliphatic heterocycles. The molecule has 2 aromatic rings. The average Bonchev–Trinajstić information content (AvgIpc) is 2.91. The van der Waals surface area contributed by atoms with Gasteiger partial charge in [0.25, 0.3) is 10.0 Å². The second-order valence-electron chi connectivity index (χ2n) is 6.14. The van der Waals surface area contributed by atoms with E-state index in [1.807, 2.05) is 32.9 Å². The summed E-state index contributed by atoms with van der Waals surface area (Å²) in [5.74, 6) is 0. The lowest BCUT2D eigenvalue weighted by Crippen LogP contribution is -2.39. The molecule has 122 valence electrons. The summed E-state index contributed by atoms with van der Waals surface area (Å²) >= 11 is 2.28. The van der Waals surface area contributed by atoms with Crippen LogP contribution < -0.4 is 4.31 Å². The molecule has 2 aromatic carbocycles. The lowest BCUT2D eigenvalue weighted by Gasteiger charge is -2.27. The molecule has 0 N–H and O–H groups in total. The lowest BCUT2D eigenvalue weighted by molar-refractivity contribution is 0.585. The van der Waals surface area contributed by atoms with E-state index in [4.69, 9.17) is 0 Å². The molecule has 0 aromatic heterocycles. The van der Waals surface area contributed by atoms with E-state index in [0.29, 0.717) is 4.90 Å². The van der Waals surface area contributed by atoms with E-state index < -0.39 is 10.0 Å². The van der Waals surface area contributed by atoms with Crippen LogP contribution in [-0.2, 0) is 16.4 Å². The molecular weight excluding hydrogens is 421 g/mol. The fourth-order valence-corrected chi connectivity index (χ4v) is 5.82. The summed E-state index contributed by atoms with van der Waals surface area (Å²) in [5.41, 5.74) is 5.26. The molecule has 3 nitrogen and oxygen atoms in total. The van der Waals surface area contributed by atoms with Crippen LogP contribution in [0, 0.1) is 20.8 Å². The molecule has 23 heavy (non-hydrogen) atoms. The number of hydrogen-bond donors (Lipinski definition) is 0. The zero-order valence-corrected chi connectivity index (χ0v) is 16.5. The van der Waals surface area contributed by atoms with Gasteiger partial charge in [0.15, 0.2) is 0 Å². The fourth-order valence-electron chi connectivity index (χ4n) is 3.11. The van der Waals surface area contributed by atoms with Crippen LogP contribution in [0.5, 0.6) is 0 Å². The van der Waals surface area contributed by atoms with Crippen molar-refractivity contribution < 1.29 is 8.42 Å². The van der Waals surface area contributed by atoms with Gasteiger partial charge < -0.3 is 0 Å². The highest BCUT2D eigenvalue weighted by atomic mass is 127. The van der Waals surface area contributed by atoms with E-state index in [2.05, 4.69) is 34.7 Å². The molecule has 1 aliphatic rings. The van der Waals surface area contributed by atoms with Crippen molar-refractivity contribution in [3.63, 3.8) is 0 Å². The summed E-state index contributed by atoms with van der Waals surface area (Å²) in [6.45, 7) is 6.01. The molecule has 0 saturated carbocycles. The Labute approximate surface area is 151 Å². The van der Waals surface area contributed by atoms with Crippen molar-refractivity contribution in [1.82, 2.24) is 0 Å². The summed E-state index contributed by atoms with van der Waals surface area (Å²) in [6.07, 6.45) is 0.782. The number of halogens is 1. The number of aryl methyl sites for hydroxylation is 2. The van der Waals surface area contributed by atoms with Gasteiger partial charge in [-0.15, -0.1) is 0 Å². The van der Waals surface area contributed by atoms with E-state index in [1.54, 1.807) is 16.4 Å². The van der Waals surface area contributed by atoms with Crippen molar-refractivity contribution in [3.05, 3.63) is 58.7 Å². The number of fused-ring (bicyclic) bond motifs is 1. The van der Waals surface area contributed by atoms with Gasteiger partial charge in [0.05, 0.1) is 16.6 Å². The molecule has 1 atom stereocenters. The smallest absolute Gasteiger partial charge is 0.262 e. The van der Waals surface area contributed by atoms with Gasteiger partial charge in [0.2, 0.25) is 0 Å². The number of benzene rings is 2. The van der Waals surface area contributed by atoms with E-state index in [1.165, 1.54) is 0 Å². The maximum absolute atomic E-state index is 13.3. The first-order valence-electron chi connectivity index (χ1n) is 7.62. The third kappa shape index (κ3) is 2.78. The van der Waals surface area contributed by atoms with Gasteiger partial charge in [-0.1, -0.05) is 52.4 Å². The molecule has 3 rings (SSSR count). The molecule has 1 unspecified atom stereocenters. The van der Waals surface area contributed by atoms with Gasteiger partial charge in [-0.3, -0.25) is 4.31 Å². The predicted molar refractivity (Wildman–Crippen MR) is 103 cm³/mol. The van der Waals surface area contributed by atoms with E-state index >= 15 is 0 Å². The molecule has 1 heterocycles. The van der Waals surface area contributed by atoms with E-state index in [-0.39, 0.29) is 6.04 Å². The Hall–Kier alpha value is -1.08. The van der Waals surface area contributed by atoms with Gasteiger partial charge in [-0.2, -0.15) is 0 Å². The van der Waals surface area contributed by atoms with Crippen LogP contribution in [0.25, 0.3) is 0 Å². The SMILES string of the molecule is Cc1ccc(S(=O)(=O)N2c3c(ccc(C)c3C)CC2CI)cc1. The first-order valence-corrected chi connectivity index (χ1v) is 10.6. The largest absolute Gasteiger partial charge is 0.264 e. The van der Waals surface area contributed by atoms with E-state index in [0.717, 1.165) is 38.8 Å². The van der Waals surface area contributed by atoms with Crippen LogP contribution in [-0.4, -0.2) is 18.9 Å². The highest BCUT2D eigenvalue weighted by Gasteiger charge is 2.39. The Balaban J connectivity index is 2.18. The quantitative estimate of drug-likeness (QED) is 0.530. The monoisotopic (exact) mass is 441 g/mol. The van der Waals surface area contributed by atoms with Crippen molar-refractivity contribution in [2.24, 2.45) is 0 Å². The number of sulfonamides is 1. The second-order valence-corrected chi connectivity index (χ2v) is 8.84. The Bertz CT molecular complexity index is 844. The standard InChI is InChI=1S/C18H20INO2S/c1-12-4-8-17(9-5-12)23(21,22)20-16(11-19)10-15-7-6-13(2)14(3)18(15)20/h4-9,16H,10-11H2,1-3H3. The molecule has 5 heteroatoms. The topological polar surface area (TPSA) is 37.4 Å². The first kappa shape index (κ1) is 16.8. The third-order valence-corrected chi connectivity index (χ3v) is 7.43. The summed E-state index contributed by atoms with van der Waals surface area (Å²) in [6, 6.07) is 11.3. The van der Waals surface area contributed by atoms with Crippen molar-refractivity contribution >= 4 is 38.3 Å². The number of anilines is 1. The van der Waals surface area contributed by atoms with Crippen LogP contribution in [0.1, 0.15) is 22.3 Å². The molecule has 0 radical (unpaired) electrons. The van der Waals surface area contributed by atoms with Crippen molar-refractivity contribution in [1.29, 1.82) is 0 Å². The Morgan fingerprint density at radius 3 is 2.35 bits per heavy atom.